The highest BCUT2D eigenvalue weighted by Gasteiger charge is 2.26. The highest BCUT2D eigenvalue weighted by molar-refractivity contribution is 7.16. The number of carbonyl (C=O) groups is 1. The number of para-hydroxylation sites is 2. The zero-order valence-corrected chi connectivity index (χ0v) is 17.3. The number of thiophene rings is 1. The van der Waals surface area contributed by atoms with Gasteiger partial charge in [-0.1, -0.05) is 18.2 Å². The van der Waals surface area contributed by atoms with Crippen molar-refractivity contribution in [3.05, 3.63) is 70.4 Å². The van der Waals surface area contributed by atoms with Crippen LogP contribution in [0.3, 0.4) is 0 Å². The van der Waals surface area contributed by atoms with Gasteiger partial charge in [-0.25, -0.2) is 0 Å². The lowest BCUT2D eigenvalue weighted by Gasteiger charge is -2.15. The normalized spacial score (nSPS) is 12.9. The average molecular weight is 408 g/mol. The standard InChI is InChI=1S/C23H25N3O2S/c1-2-28-19-12-5-4-11-18(19)26-22(27)21-17-10-3-6-13-20(17)29-23(21)25-15-16-9-7-8-14-24-16/h4-5,7-9,11-12,14,25H,2-3,6,10,13,15H2,1H3,(H,26,27). The molecule has 1 aromatic carbocycles. The molecule has 2 aromatic heterocycles. The van der Waals surface area contributed by atoms with Crippen LogP contribution in [0.2, 0.25) is 0 Å². The zero-order valence-electron chi connectivity index (χ0n) is 16.5. The molecule has 1 aliphatic carbocycles. The maximum absolute atomic E-state index is 13.3. The van der Waals surface area contributed by atoms with Gasteiger partial charge in [0.2, 0.25) is 0 Å². The van der Waals surface area contributed by atoms with E-state index >= 15 is 0 Å². The van der Waals surface area contributed by atoms with E-state index in [2.05, 4.69) is 15.6 Å². The summed E-state index contributed by atoms with van der Waals surface area (Å²) in [6.45, 7) is 3.08. The molecule has 0 radical (unpaired) electrons. The third-order valence-electron chi connectivity index (χ3n) is 4.99. The van der Waals surface area contributed by atoms with E-state index in [0.29, 0.717) is 24.6 Å². The van der Waals surface area contributed by atoms with E-state index in [9.17, 15) is 4.79 Å². The van der Waals surface area contributed by atoms with Crippen LogP contribution < -0.4 is 15.4 Å². The summed E-state index contributed by atoms with van der Waals surface area (Å²) in [6, 6.07) is 13.4. The van der Waals surface area contributed by atoms with E-state index in [4.69, 9.17) is 4.74 Å². The first-order chi connectivity index (χ1) is 14.3. The number of nitrogens with one attached hydrogen (secondary N) is 2. The van der Waals surface area contributed by atoms with E-state index in [1.807, 2.05) is 49.4 Å². The zero-order chi connectivity index (χ0) is 20.1. The van der Waals surface area contributed by atoms with Crippen LogP contribution in [0.1, 0.15) is 46.3 Å². The Kier molecular flexibility index (Phi) is 6.10. The minimum absolute atomic E-state index is 0.0833. The second kappa shape index (κ2) is 9.09. The van der Waals surface area contributed by atoms with Gasteiger partial charge in [-0.15, -0.1) is 11.3 Å². The van der Waals surface area contributed by atoms with E-state index in [0.717, 1.165) is 35.5 Å². The minimum Gasteiger partial charge on any atom is -0.492 e. The molecule has 6 heteroatoms. The molecule has 1 amide bonds. The van der Waals surface area contributed by atoms with Crippen LogP contribution in [0.4, 0.5) is 10.7 Å². The maximum Gasteiger partial charge on any atom is 0.259 e. The number of benzene rings is 1. The lowest BCUT2D eigenvalue weighted by Crippen LogP contribution is -2.17. The molecule has 150 valence electrons. The number of nitrogens with zero attached hydrogens (tertiary/aromatic N) is 1. The van der Waals surface area contributed by atoms with Crippen LogP contribution in [0.5, 0.6) is 5.75 Å². The molecule has 1 aliphatic rings. The summed E-state index contributed by atoms with van der Waals surface area (Å²) in [4.78, 5) is 19.0. The molecular weight excluding hydrogens is 382 g/mol. The summed E-state index contributed by atoms with van der Waals surface area (Å²) in [7, 11) is 0. The number of aromatic nitrogens is 1. The Bertz CT molecular complexity index is 985. The Labute approximate surface area is 175 Å². The van der Waals surface area contributed by atoms with E-state index in [-0.39, 0.29) is 5.91 Å². The fourth-order valence-corrected chi connectivity index (χ4v) is 4.92. The van der Waals surface area contributed by atoms with Crippen molar-refractivity contribution in [3.63, 3.8) is 0 Å². The summed E-state index contributed by atoms with van der Waals surface area (Å²) >= 11 is 1.70. The fourth-order valence-electron chi connectivity index (χ4n) is 3.64. The number of anilines is 2. The van der Waals surface area contributed by atoms with Gasteiger partial charge in [0.05, 0.1) is 30.1 Å². The van der Waals surface area contributed by atoms with Gasteiger partial charge in [-0.05, 0) is 62.4 Å². The van der Waals surface area contributed by atoms with Crippen LogP contribution in [0.25, 0.3) is 0 Å². The van der Waals surface area contributed by atoms with Crippen molar-refractivity contribution in [3.8, 4) is 5.75 Å². The van der Waals surface area contributed by atoms with Crippen molar-refractivity contribution < 1.29 is 9.53 Å². The lowest BCUT2D eigenvalue weighted by atomic mass is 9.95. The summed E-state index contributed by atoms with van der Waals surface area (Å²) < 4.78 is 5.67. The van der Waals surface area contributed by atoms with Crippen molar-refractivity contribution in [2.24, 2.45) is 0 Å². The first-order valence-corrected chi connectivity index (χ1v) is 10.9. The highest BCUT2D eigenvalue weighted by atomic mass is 32.1. The molecular formula is C23H25N3O2S. The molecule has 0 fully saturated rings. The highest BCUT2D eigenvalue weighted by Crippen LogP contribution is 2.39. The van der Waals surface area contributed by atoms with Gasteiger partial charge in [0.1, 0.15) is 10.8 Å². The average Bonchev–Trinajstić information content (AvgIpc) is 3.13. The van der Waals surface area contributed by atoms with Crippen molar-refractivity contribution >= 4 is 27.9 Å². The first-order valence-electron chi connectivity index (χ1n) is 10.1. The molecule has 3 aromatic rings. The molecule has 2 N–H and O–H groups in total. The van der Waals surface area contributed by atoms with Crippen LogP contribution in [0.15, 0.2) is 48.7 Å². The Morgan fingerprint density at radius 2 is 1.97 bits per heavy atom. The second-order valence-electron chi connectivity index (χ2n) is 6.97. The summed E-state index contributed by atoms with van der Waals surface area (Å²) in [5.74, 6) is 0.607. The molecule has 0 saturated heterocycles. The molecule has 4 rings (SSSR count). The molecule has 2 heterocycles. The fraction of sp³-hybridized carbons (Fsp3) is 0.304. The van der Waals surface area contributed by atoms with Crippen LogP contribution >= 0.6 is 11.3 Å². The predicted octanol–water partition coefficient (Wildman–Crippen LogP) is 5.29. The van der Waals surface area contributed by atoms with Crippen LogP contribution in [0, 0.1) is 0 Å². The number of amides is 1. The number of ether oxygens (including phenoxy) is 1. The Balaban J connectivity index is 1.61. The summed E-state index contributed by atoms with van der Waals surface area (Å²) in [5.41, 5.74) is 3.61. The monoisotopic (exact) mass is 407 g/mol. The van der Waals surface area contributed by atoms with Gasteiger partial charge in [0.25, 0.3) is 5.91 Å². The third kappa shape index (κ3) is 4.43. The first kappa shape index (κ1) is 19.5. The minimum atomic E-state index is -0.0833. The van der Waals surface area contributed by atoms with Gasteiger partial charge in [0.15, 0.2) is 0 Å². The quantitative estimate of drug-likeness (QED) is 0.559. The predicted molar refractivity (Wildman–Crippen MR) is 118 cm³/mol. The van der Waals surface area contributed by atoms with Gasteiger partial charge in [-0.2, -0.15) is 0 Å². The van der Waals surface area contributed by atoms with Gasteiger partial charge < -0.3 is 15.4 Å². The number of aryl methyl sites for hydroxylation is 1. The van der Waals surface area contributed by atoms with Crippen molar-refractivity contribution in [2.45, 2.75) is 39.2 Å². The Morgan fingerprint density at radius 1 is 1.14 bits per heavy atom. The number of rotatable bonds is 7. The topological polar surface area (TPSA) is 63.2 Å². The lowest BCUT2D eigenvalue weighted by molar-refractivity contribution is 0.102. The molecule has 0 saturated carbocycles. The van der Waals surface area contributed by atoms with Gasteiger partial charge in [-0.3, -0.25) is 9.78 Å². The second-order valence-corrected chi connectivity index (χ2v) is 8.08. The molecule has 0 spiro atoms. The number of fused-ring (bicyclic) bond motifs is 1. The number of hydrogen-bond donors (Lipinski definition) is 2. The Morgan fingerprint density at radius 3 is 2.79 bits per heavy atom. The smallest absolute Gasteiger partial charge is 0.259 e. The third-order valence-corrected chi connectivity index (χ3v) is 6.24. The van der Waals surface area contributed by atoms with Crippen molar-refractivity contribution in [1.82, 2.24) is 4.98 Å². The van der Waals surface area contributed by atoms with Crippen molar-refractivity contribution in [1.29, 1.82) is 0 Å². The van der Waals surface area contributed by atoms with Crippen LogP contribution in [-0.2, 0) is 19.4 Å². The molecule has 0 bridgehead atoms. The number of carbonyl (C=O) groups excluding carboxylic acids is 1. The van der Waals surface area contributed by atoms with Crippen LogP contribution in [-0.4, -0.2) is 17.5 Å². The molecule has 0 unspecified atom stereocenters. The Hall–Kier alpha value is -2.86. The number of hydrogen-bond acceptors (Lipinski definition) is 5. The SMILES string of the molecule is CCOc1ccccc1NC(=O)c1c(NCc2ccccn2)sc2c1CCCC2. The van der Waals surface area contributed by atoms with E-state index < -0.39 is 0 Å². The molecule has 29 heavy (non-hydrogen) atoms. The molecule has 0 atom stereocenters. The number of pyridine rings is 1. The van der Waals surface area contributed by atoms with E-state index in [1.54, 1.807) is 17.5 Å². The summed E-state index contributed by atoms with van der Waals surface area (Å²) in [6.07, 6.45) is 6.09. The van der Waals surface area contributed by atoms with Crippen molar-refractivity contribution in [2.75, 3.05) is 17.2 Å². The molecule has 5 nitrogen and oxygen atoms in total. The van der Waals surface area contributed by atoms with Gasteiger partial charge >= 0.3 is 0 Å². The van der Waals surface area contributed by atoms with E-state index in [1.165, 1.54) is 16.9 Å². The van der Waals surface area contributed by atoms with Gasteiger partial charge in [0, 0.05) is 11.1 Å². The largest absolute Gasteiger partial charge is 0.492 e. The summed E-state index contributed by atoms with van der Waals surface area (Å²) in [5, 5.41) is 7.46. The maximum atomic E-state index is 13.3. The molecule has 0 aliphatic heterocycles.